The van der Waals surface area contributed by atoms with Gasteiger partial charge in [0.25, 0.3) is 0 Å². The van der Waals surface area contributed by atoms with Crippen molar-refractivity contribution in [1.29, 1.82) is 0 Å². The average molecular weight is 280 g/mol. The number of rotatable bonds is 5. The number of aromatic nitrogens is 1. The molecule has 1 aliphatic carbocycles. The number of esters is 1. The van der Waals surface area contributed by atoms with Gasteiger partial charge in [0.2, 0.25) is 5.89 Å². The van der Waals surface area contributed by atoms with Crippen LogP contribution < -0.4 is 5.32 Å². The molecule has 0 spiro atoms. The van der Waals surface area contributed by atoms with E-state index in [0.29, 0.717) is 19.2 Å². The zero-order valence-electron chi connectivity index (χ0n) is 12.6. The van der Waals surface area contributed by atoms with Crippen molar-refractivity contribution in [3.8, 4) is 0 Å². The molecule has 0 radical (unpaired) electrons. The van der Waals surface area contributed by atoms with E-state index in [1.54, 1.807) is 0 Å². The fraction of sp³-hybridized carbons (Fsp3) is 0.733. The molecule has 1 fully saturated rings. The number of oxazole rings is 1. The molecule has 112 valence electrons. The Labute approximate surface area is 120 Å². The fourth-order valence-corrected chi connectivity index (χ4v) is 2.70. The third kappa shape index (κ3) is 3.82. The Morgan fingerprint density at radius 3 is 2.90 bits per heavy atom. The minimum atomic E-state index is -0.0539. The Morgan fingerprint density at radius 2 is 2.25 bits per heavy atom. The molecule has 5 heteroatoms. The van der Waals surface area contributed by atoms with Crippen LogP contribution in [0.3, 0.4) is 0 Å². The van der Waals surface area contributed by atoms with Gasteiger partial charge < -0.3 is 14.5 Å². The van der Waals surface area contributed by atoms with Crippen LogP contribution in [0.5, 0.6) is 0 Å². The second-order valence-corrected chi connectivity index (χ2v) is 5.44. The second kappa shape index (κ2) is 6.88. The van der Waals surface area contributed by atoms with Gasteiger partial charge in [-0.25, -0.2) is 4.98 Å². The number of nitrogens with zero attached hydrogens (tertiary/aromatic N) is 1. The predicted molar refractivity (Wildman–Crippen MR) is 75.2 cm³/mol. The third-order valence-electron chi connectivity index (χ3n) is 3.91. The number of hydrogen-bond donors (Lipinski definition) is 1. The topological polar surface area (TPSA) is 64.4 Å². The predicted octanol–water partition coefficient (Wildman–Crippen LogP) is 2.50. The average Bonchev–Trinajstić information content (AvgIpc) is 2.76. The molecule has 1 N–H and O–H groups in total. The molecular weight excluding hydrogens is 256 g/mol. The maximum atomic E-state index is 11.8. The van der Waals surface area contributed by atoms with Gasteiger partial charge in [0, 0.05) is 6.04 Å². The third-order valence-corrected chi connectivity index (χ3v) is 3.91. The van der Waals surface area contributed by atoms with Gasteiger partial charge in [0.1, 0.15) is 5.76 Å². The maximum absolute atomic E-state index is 11.8. The summed E-state index contributed by atoms with van der Waals surface area (Å²) in [5, 5.41) is 3.44. The minimum absolute atomic E-state index is 0.0363. The summed E-state index contributed by atoms with van der Waals surface area (Å²) in [5.74, 6) is 1.57. The van der Waals surface area contributed by atoms with Crippen molar-refractivity contribution in [2.24, 2.45) is 5.92 Å². The Hall–Kier alpha value is -1.36. The van der Waals surface area contributed by atoms with Crippen LogP contribution in [0.15, 0.2) is 4.42 Å². The number of hydrogen-bond acceptors (Lipinski definition) is 5. The molecule has 1 saturated carbocycles. The molecule has 1 aromatic rings. The van der Waals surface area contributed by atoms with Gasteiger partial charge >= 0.3 is 5.97 Å². The van der Waals surface area contributed by atoms with Gasteiger partial charge in [-0.1, -0.05) is 6.42 Å². The zero-order chi connectivity index (χ0) is 14.5. The highest BCUT2D eigenvalue weighted by atomic mass is 16.5. The highest BCUT2D eigenvalue weighted by Gasteiger charge is 2.28. The van der Waals surface area contributed by atoms with Gasteiger partial charge in [-0.05, 0) is 40.0 Å². The highest BCUT2D eigenvalue weighted by Crippen LogP contribution is 2.25. The summed E-state index contributed by atoms with van der Waals surface area (Å²) in [4.78, 5) is 16.1. The molecule has 5 nitrogen and oxygen atoms in total. The second-order valence-electron chi connectivity index (χ2n) is 5.44. The van der Waals surface area contributed by atoms with Gasteiger partial charge in [0.15, 0.2) is 0 Å². The van der Waals surface area contributed by atoms with E-state index >= 15 is 0 Å². The van der Waals surface area contributed by atoms with Crippen molar-refractivity contribution >= 4 is 5.97 Å². The maximum Gasteiger partial charge on any atom is 0.308 e. The van der Waals surface area contributed by atoms with Crippen molar-refractivity contribution in [3.63, 3.8) is 0 Å². The normalized spacial score (nSPS) is 22.8. The Balaban J connectivity index is 1.82. The molecule has 0 bridgehead atoms. The van der Waals surface area contributed by atoms with E-state index in [2.05, 4.69) is 10.3 Å². The highest BCUT2D eigenvalue weighted by molar-refractivity contribution is 5.72. The van der Waals surface area contributed by atoms with E-state index in [4.69, 9.17) is 9.15 Å². The first-order chi connectivity index (χ1) is 9.60. The molecule has 2 rings (SSSR count). The van der Waals surface area contributed by atoms with Crippen LogP contribution in [0.2, 0.25) is 0 Å². The van der Waals surface area contributed by atoms with Crippen LogP contribution in [-0.4, -0.2) is 23.6 Å². The Bertz CT molecular complexity index is 436. The summed E-state index contributed by atoms with van der Waals surface area (Å²) < 4.78 is 10.7. The van der Waals surface area contributed by atoms with Gasteiger partial charge in [0.05, 0.1) is 24.8 Å². The molecule has 20 heavy (non-hydrogen) atoms. The first-order valence-corrected chi connectivity index (χ1v) is 7.43. The first-order valence-electron chi connectivity index (χ1n) is 7.43. The van der Waals surface area contributed by atoms with Gasteiger partial charge in [-0.15, -0.1) is 0 Å². The van der Waals surface area contributed by atoms with Gasteiger partial charge in [-0.2, -0.15) is 0 Å². The van der Waals surface area contributed by atoms with E-state index in [0.717, 1.165) is 43.0 Å². The van der Waals surface area contributed by atoms with Crippen LogP contribution in [0, 0.1) is 19.8 Å². The molecule has 1 aliphatic rings. The van der Waals surface area contributed by atoms with E-state index < -0.39 is 0 Å². The van der Waals surface area contributed by atoms with Crippen molar-refractivity contribution in [2.75, 3.05) is 6.61 Å². The smallest absolute Gasteiger partial charge is 0.308 e. The van der Waals surface area contributed by atoms with Crippen LogP contribution in [-0.2, 0) is 16.1 Å². The van der Waals surface area contributed by atoms with Gasteiger partial charge in [-0.3, -0.25) is 4.79 Å². The van der Waals surface area contributed by atoms with E-state index in [1.165, 1.54) is 0 Å². The van der Waals surface area contributed by atoms with Crippen LogP contribution in [0.25, 0.3) is 0 Å². The number of nitrogens with one attached hydrogen (secondary N) is 1. The number of ether oxygens (including phenoxy) is 1. The number of carbonyl (C=O) groups is 1. The lowest BCUT2D eigenvalue weighted by molar-refractivity contribution is -0.149. The first kappa shape index (κ1) is 15.0. The van der Waals surface area contributed by atoms with Crippen molar-refractivity contribution < 1.29 is 13.9 Å². The van der Waals surface area contributed by atoms with E-state index in [1.807, 2.05) is 20.8 Å². The molecule has 1 heterocycles. The van der Waals surface area contributed by atoms with Crippen molar-refractivity contribution in [2.45, 2.75) is 59.0 Å². The summed E-state index contributed by atoms with van der Waals surface area (Å²) in [5.41, 5.74) is 0.940. The fourth-order valence-electron chi connectivity index (χ4n) is 2.70. The lowest BCUT2D eigenvalue weighted by Crippen LogP contribution is -2.36. The van der Waals surface area contributed by atoms with E-state index in [9.17, 15) is 4.79 Å². The standard InChI is InChI=1S/C15H24N2O3/c1-4-19-15(18)12-6-5-7-13(8-12)16-9-14-17-10(2)11(3)20-14/h12-13,16H,4-9H2,1-3H3. The van der Waals surface area contributed by atoms with Crippen LogP contribution in [0.4, 0.5) is 0 Å². The van der Waals surface area contributed by atoms with Crippen LogP contribution >= 0.6 is 0 Å². The molecule has 0 saturated heterocycles. The number of aryl methyl sites for hydroxylation is 2. The summed E-state index contributed by atoms with van der Waals surface area (Å²) in [6, 6.07) is 0.339. The monoisotopic (exact) mass is 280 g/mol. The molecular formula is C15H24N2O3. The molecule has 0 aromatic carbocycles. The summed E-state index contributed by atoms with van der Waals surface area (Å²) in [6.45, 7) is 6.80. The lowest BCUT2D eigenvalue weighted by Gasteiger charge is -2.28. The molecule has 2 atom stereocenters. The quantitative estimate of drug-likeness (QED) is 0.840. The molecule has 0 amide bonds. The molecule has 1 aromatic heterocycles. The Kier molecular flexibility index (Phi) is 5.17. The van der Waals surface area contributed by atoms with Crippen LogP contribution in [0.1, 0.15) is 50.0 Å². The lowest BCUT2D eigenvalue weighted by atomic mass is 9.86. The number of carbonyl (C=O) groups excluding carboxylic acids is 1. The van der Waals surface area contributed by atoms with Crippen molar-refractivity contribution in [3.05, 3.63) is 17.3 Å². The summed E-state index contributed by atoms with van der Waals surface area (Å²) in [6.07, 6.45) is 3.94. The Morgan fingerprint density at radius 1 is 1.45 bits per heavy atom. The SMILES string of the molecule is CCOC(=O)C1CCCC(NCc2nc(C)c(C)o2)C1. The summed E-state index contributed by atoms with van der Waals surface area (Å²) >= 11 is 0. The van der Waals surface area contributed by atoms with Crippen molar-refractivity contribution in [1.82, 2.24) is 10.3 Å². The minimum Gasteiger partial charge on any atom is -0.466 e. The molecule has 0 aliphatic heterocycles. The summed E-state index contributed by atoms with van der Waals surface area (Å²) in [7, 11) is 0. The molecule has 2 unspecified atom stereocenters. The largest absolute Gasteiger partial charge is 0.466 e. The zero-order valence-corrected chi connectivity index (χ0v) is 12.6. The van der Waals surface area contributed by atoms with E-state index in [-0.39, 0.29) is 11.9 Å².